The van der Waals surface area contributed by atoms with E-state index in [0.717, 1.165) is 48.9 Å². The van der Waals surface area contributed by atoms with Crippen molar-refractivity contribution in [3.05, 3.63) is 96.1 Å². The summed E-state index contributed by atoms with van der Waals surface area (Å²) in [5.74, 6) is -0.634. The maximum absolute atomic E-state index is 6.27. The van der Waals surface area contributed by atoms with Gasteiger partial charge in [-0.25, -0.2) is 9.78 Å². The Bertz CT molecular complexity index is 1150. The Hall–Kier alpha value is -2.92. The third kappa shape index (κ3) is 3.99. The van der Waals surface area contributed by atoms with Crippen molar-refractivity contribution in [1.82, 2.24) is 0 Å². The van der Waals surface area contributed by atoms with E-state index in [1.54, 1.807) is 0 Å². The predicted molar refractivity (Wildman–Crippen MR) is 131 cm³/mol. The van der Waals surface area contributed by atoms with Crippen molar-refractivity contribution in [3.63, 3.8) is 0 Å². The highest BCUT2D eigenvalue weighted by Crippen LogP contribution is 2.41. The summed E-state index contributed by atoms with van der Waals surface area (Å²) >= 11 is 0. The second-order valence-electron chi connectivity index (χ2n) is 9.41. The first kappa shape index (κ1) is 20.7. The molecule has 0 amide bonds. The summed E-state index contributed by atoms with van der Waals surface area (Å²) in [5.41, 5.74) is 8.54. The number of benzene rings is 3. The van der Waals surface area contributed by atoms with E-state index in [1.807, 2.05) is 6.07 Å². The molecule has 6 rings (SSSR count). The molecule has 33 heavy (non-hydrogen) atoms. The van der Waals surface area contributed by atoms with E-state index in [0.29, 0.717) is 12.6 Å². The van der Waals surface area contributed by atoms with Gasteiger partial charge in [0.2, 0.25) is 5.79 Å². The smallest absolute Gasteiger partial charge is 0.201 e. The molecule has 1 N–H and O–H groups in total. The van der Waals surface area contributed by atoms with Crippen LogP contribution in [0.5, 0.6) is 0 Å². The summed E-state index contributed by atoms with van der Waals surface area (Å²) in [4.78, 5) is 11.8. The molecule has 1 unspecified atom stereocenters. The van der Waals surface area contributed by atoms with Crippen LogP contribution in [0.1, 0.15) is 42.4 Å². The SMILES string of the molecule is C=C(c1ccc2c(c1)Cc1ccccc1-2)C1COC2(CCC(Nc3ccccc3)CC2)OO1. The number of nitrogens with one attached hydrogen (secondary N) is 1. The van der Waals surface area contributed by atoms with Gasteiger partial charge in [0.05, 0.1) is 6.61 Å². The van der Waals surface area contributed by atoms with Gasteiger partial charge in [0.25, 0.3) is 0 Å². The van der Waals surface area contributed by atoms with Gasteiger partial charge in [0.15, 0.2) is 0 Å². The van der Waals surface area contributed by atoms with Gasteiger partial charge in [-0.05, 0) is 64.8 Å². The maximum Gasteiger partial charge on any atom is 0.201 e. The molecule has 1 saturated heterocycles. The lowest BCUT2D eigenvalue weighted by atomic mass is 9.89. The molecule has 1 atom stereocenters. The largest absolute Gasteiger partial charge is 0.382 e. The zero-order valence-electron chi connectivity index (χ0n) is 18.8. The van der Waals surface area contributed by atoms with E-state index >= 15 is 0 Å². The predicted octanol–water partition coefficient (Wildman–Crippen LogP) is 6.37. The van der Waals surface area contributed by atoms with Gasteiger partial charge < -0.3 is 10.1 Å². The molecular formula is C29H29NO3. The quantitative estimate of drug-likeness (QED) is 0.375. The van der Waals surface area contributed by atoms with Crippen LogP contribution < -0.4 is 5.32 Å². The summed E-state index contributed by atoms with van der Waals surface area (Å²) in [7, 11) is 0. The Labute approximate surface area is 195 Å². The van der Waals surface area contributed by atoms with Gasteiger partial charge in [-0.2, -0.15) is 0 Å². The number of fused-ring (bicyclic) bond motifs is 3. The fraction of sp³-hybridized carbons (Fsp3) is 0.310. The van der Waals surface area contributed by atoms with Crippen molar-refractivity contribution in [1.29, 1.82) is 0 Å². The average molecular weight is 440 g/mol. The van der Waals surface area contributed by atoms with Gasteiger partial charge in [0.1, 0.15) is 6.10 Å². The number of anilines is 1. The molecule has 0 bridgehead atoms. The highest BCUT2D eigenvalue weighted by Gasteiger charge is 2.43. The Balaban J connectivity index is 1.06. The van der Waals surface area contributed by atoms with Crippen molar-refractivity contribution in [3.8, 4) is 11.1 Å². The molecule has 4 heteroatoms. The van der Waals surface area contributed by atoms with Crippen LogP contribution in [0.15, 0.2) is 79.4 Å². The second kappa shape index (κ2) is 8.45. The molecule has 1 aliphatic heterocycles. The monoisotopic (exact) mass is 439 g/mol. The van der Waals surface area contributed by atoms with Crippen molar-refractivity contribution in [2.75, 3.05) is 11.9 Å². The summed E-state index contributed by atoms with van der Waals surface area (Å²) in [6.07, 6.45) is 4.26. The van der Waals surface area contributed by atoms with Crippen molar-refractivity contribution in [2.24, 2.45) is 0 Å². The molecule has 0 radical (unpaired) electrons. The molecule has 1 heterocycles. The molecule has 1 spiro atoms. The van der Waals surface area contributed by atoms with E-state index in [-0.39, 0.29) is 6.10 Å². The highest BCUT2D eigenvalue weighted by molar-refractivity contribution is 5.79. The fourth-order valence-corrected chi connectivity index (χ4v) is 5.31. The topological polar surface area (TPSA) is 39.7 Å². The molecular weight excluding hydrogens is 410 g/mol. The molecule has 2 fully saturated rings. The van der Waals surface area contributed by atoms with Crippen LogP contribution in [-0.2, 0) is 20.9 Å². The van der Waals surface area contributed by atoms with E-state index < -0.39 is 5.79 Å². The minimum absolute atomic E-state index is 0.294. The van der Waals surface area contributed by atoms with Crippen molar-refractivity contribution < 1.29 is 14.5 Å². The average Bonchev–Trinajstić information content (AvgIpc) is 3.24. The lowest BCUT2D eigenvalue weighted by molar-refractivity contribution is -0.483. The number of hydrogen-bond donors (Lipinski definition) is 1. The second-order valence-corrected chi connectivity index (χ2v) is 9.41. The molecule has 3 aromatic rings. The Morgan fingerprint density at radius 3 is 2.42 bits per heavy atom. The van der Waals surface area contributed by atoms with Crippen LogP contribution in [0.3, 0.4) is 0 Å². The molecule has 1 saturated carbocycles. The first-order chi connectivity index (χ1) is 16.2. The zero-order chi connectivity index (χ0) is 22.3. The molecule has 4 nitrogen and oxygen atoms in total. The van der Waals surface area contributed by atoms with Crippen LogP contribution >= 0.6 is 0 Å². The van der Waals surface area contributed by atoms with E-state index in [1.165, 1.54) is 22.3 Å². The van der Waals surface area contributed by atoms with E-state index in [9.17, 15) is 0 Å². The van der Waals surface area contributed by atoms with Crippen LogP contribution in [0.25, 0.3) is 16.7 Å². The Morgan fingerprint density at radius 2 is 1.64 bits per heavy atom. The molecule has 3 aromatic carbocycles. The molecule has 0 aromatic heterocycles. The Kier molecular flexibility index (Phi) is 5.30. The summed E-state index contributed by atoms with van der Waals surface area (Å²) in [6, 6.07) is 26.0. The van der Waals surface area contributed by atoms with Crippen LogP contribution in [0, 0.1) is 0 Å². The van der Waals surface area contributed by atoms with E-state index in [4.69, 9.17) is 14.5 Å². The summed E-state index contributed by atoms with van der Waals surface area (Å²) in [6.45, 7) is 4.79. The number of hydrogen-bond acceptors (Lipinski definition) is 4. The lowest BCUT2D eigenvalue weighted by Crippen LogP contribution is -2.49. The third-order valence-corrected chi connectivity index (χ3v) is 7.26. The fourth-order valence-electron chi connectivity index (χ4n) is 5.31. The summed E-state index contributed by atoms with van der Waals surface area (Å²) < 4.78 is 6.27. The molecule has 2 aliphatic carbocycles. The van der Waals surface area contributed by atoms with Crippen LogP contribution in [-0.4, -0.2) is 24.5 Å². The highest BCUT2D eigenvalue weighted by atomic mass is 17.2. The number of para-hydroxylation sites is 1. The van der Waals surface area contributed by atoms with Gasteiger partial charge >= 0.3 is 0 Å². The maximum atomic E-state index is 6.27. The van der Waals surface area contributed by atoms with Gasteiger partial charge in [0, 0.05) is 24.6 Å². The van der Waals surface area contributed by atoms with Gasteiger partial charge in [-0.1, -0.05) is 67.2 Å². The van der Waals surface area contributed by atoms with Crippen molar-refractivity contribution in [2.45, 2.75) is 50.0 Å². The number of rotatable bonds is 4. The van der Waals surface area contributed by atoms with Crippen molar-refractivity contribution >= 4 is 11.3 Å². The first-order valence-corrected chi connectivity index (χ1v) is 11.9. The lowest BCUT2D eigenvalue weighted by Gasteiger charge is -2.43. The van der Waals surface area contributed by atoms with Gasteiger partial charge in [-0.15, -0.1) is 0 Å². The Morgan fingerprint density at radius 1 is 0.879 bits per heavy atom. The van der Waals surface area contributed by atoms with Gasteiger partial charge in [-0.3, -0.25) is 0 Å². The van der Waals surface area contributed by atoms with Crippen LogP contribution in [0.2, 0.25) is 0 Å². The third-order valence-electron chi connectivity index (χ3n) is 7.26. The first-order valence-electron chi connectivity index (χ1n) is 11.9. The normalized spacial score (nSPS) is 25.9. The zero-order valence-corrected chi connectivity index (χ0v) is 18.8. The molecule has 168 valence electrons. The standard InChI is InChI=1S/C29H29NO3/c1-20(21-11-12-27-23(17-21)18-22-7-5-6-10-26(22)27)28-19-31-29(33-32-28)15-13-25(14-16-29)30-24-8-3-2-4-9-24/h2-12,17,25,28,30H,1,13-16,18-19H2. The minimum atomic E-state index is -0.634. The van der Waals surface area contributed by atoms with Crippen LogP contribution in [0.4, 0.5) is 5.69 Å². The molecule has 3 aliphatic rings. The minimum Gasteiger partial charge on any atom is -0.382 e. The van der Waals surface area contributed by atoms with E-state index in [2.05, 4.69) is 78.6 Å². The summed E-state index contributed by atoms with van der Waals surface area (Å²) in [5, 5.41) is 3.61. The number of ether oxygens (including phenoxy) is 1.